The predicted molar refractivity (Wildman–Crippen MR) is 82.7 cm³/mol. The number of benzene rings is 1. The van der Waals surface area contributed by atoms with Crippen LogP contribution in [0.3, 0.4) is 0 Å². The highest BCUT2D eigenvalue weighted by molar-refractivity contribution is 6.44. The van der Waals surface area contributed by atoms with Gasteiger partial charge in [-0.05, 0) is 37.3 Å². The summed E-state index contributed by atoms with van der Waals surface area (Å²) in [6.07, 6.45) is 0. The number of rotatable bonds is 2. The summed E-state index contributed by atoms with van der Waals surface area (Å²) >= 11 is 11.6. The molecule has 0 spiro atoms. The topological polar surface area (TPSA) is 71.1 Å². The van der Waals surface area contributed by atoms with Gasteiger partial charge >= 0.3 is 11.8 Å². The van der Waals surface area contributed by atoms with Gasteiger partial charge in [0, 0.05) is 21.4 Å². The van der Waals surface area contributed by atoms with Crippen LogP contribution in [0, 0.1) is 6.92 Å². The molecule has 0 bridgehead atoms. The molecule has 0 saturated heterocycles. The molecular formula is C14H11Cl2N3O2. The first kappa shape index (κ1) is 15.3. The number of nitrogens with zero attached hydrogens (tertiary/aromatic N) is 1. The largest absolute Gasteiger partial charge is 0.318 e. The molecule has 0 fully saturated rings. The number of aryl methyl sites for hydroxylation is 1. The third-order valence-electron chi connectivity index (χ3n) is 2.46. The summed E-state index contributed by atoms with van der Waals surface area (Å²) in [6.45, 7) is 1.78. The minimum atomic E-state index is -0.836. The number of aromatic nitrogens is 1. The van der Waals surface area contributed by atoms with E-state index in [-0.39, 0.29) is 0 Å². The van der Waals surface area contributed by atoms with Gasteiger partial charge < -0.3 is 10.6 Å². The van der Waals surface area contributed by atoms with Gasteiger partial charge in [0.25, 0.3) is 0 Å². The second-order valence-electron chi connectivity index (χ2n) is 4.23. The lowest BCUT2D eigenvalue weighted by Crippen LogP contribution is -2.29. The number of halogens is 2. The molecule has 21 heavy (non-hydrogen) atoms. The molecule has 1 heterocycles. The van der Waals surface area contributed by atoms with Crippen LogP contribution in [-0.2, 0) is 9.59 Å². The van der Waals surface area contributed by atoms with Crippen molar-refractivity contribution < 1.29 is 9.59 Å². The highest BCUT2D eigenvalue weighted by Crippen LogP contribution is 2.22. The van der Waals surface area contributed by atoms with Crippen molar-refractivity contribution in [3.05, 3.63) is 52.1 Å². The standard InChI is InChI=1S/C14H11Cl2N3O2/c1-8-3-2-4-12(17-8)19-14(21)13(20)18-11-6-9(15)5-10(16)7-11/h2-7H,1H3,(H,18,20)(H,17,19,21). The molecule has 0 aliphatic rings. The summed E-state index contributed by atoms with van der Waals surface area (Å²) < 4.78 is 0. The van der Waals surface area contributed by atoms with Crippen LogP contribution in [0.1, 0.15) is 5.69 Å². The minimum Gasteiger partial charge on any atom is -0.318 e. The number of hydrogen-bond donors (Lipinski definition) is 2. The maximum atomic E-state index is 11.8. The Morgan fingerprint density at radius 1 is 1.00 bits per heavy atom. The molecular weight excluding hydrogens is 313 g/mol. The second kappa shape index (κ2) is 6.56. The van der Waals surface area contributed by atoms with Crippen LogP contribution in [0.2, 0.25) is 10.0 Å². The van der Waals surface area contributed by atoms with E-state index in [2.05, 4.69) is 15.6 Å². The van der Waals surface area contributed by atoms with Crippen LogP contribution in [0.15, 0.2) is 36.4 Å². The molecule has 0 aliphatic heterocycles. The van der Waals surface area contributed by atoms with E-state index in [0.717, 1.165) is 5.69 Å². The summed E-state index contributed by atoms with van der Waals surface area (Å²) in [7, 11) is 0. The monoisotopic (exact) mass is 323 g/mol. The van der Waals surface area contributed by atoms with Gasteiger partial charge in [0.2, 0.25) is 0 Å². The maximum Gasteiger partial charge on any atom is 0.315 e. The van der Waals surface area contributed by atoms with E-state index < -0.39 is 11.8 Å². The summed E-state index contributed by atoms with van der Waals surface area (Å²) in [5.41, 5.74) is 1.07. The zero-order chi connectivity index (χ0) is 15.4. The van der Waals surface area contributed by atoms with Crippen molar-refractivity contribution in [1.29, 1.82) is 0 Å². The number of hydrogen-bond acceptors (Lipinski definition) is 3. The average Bonchev–Trinajstić information content (AvgIpc) is 2.37. The molecule has 2 N–H and O–H groups in total. The Labute approximate surface area is 131 Å². The fourth-order valence-corrected chi connectivity index (χ4v) is 2.13. The fourth-order valence-electron chi connectivity index (χ4n) is 1.60. The van der Waals surface area contributed by atoms with E-state index in [4.69, 9.17) is 23.2 Å². The Hall–Kier alpha value is -2.11. The van der Waals surface area contributed by atoms with Crippen molar-refractivity contribution in [3.8, 4) is 0 Å². The molecule has 2 amide bonds. The molecule has 0 unspecified atom stereocenters. The smallest absolute Gasteiger partial charge is 0.315 e. The number of carbonyl (C=O) groups is 2. The molecule has 7 heteroatoms. The molecule has 0 atom stereocenters. The normalized spacial score (nSPS) is 10.0. The number of pyridine rings is 1. The van der Waals surface area contributed by atoms with E-state index in [1.807, 2.05) is 0 Å². The average molecular weight is 324 g/mol. The minimum absolute atomic E-state index is 0.305. The Balaban J connectivity index is 2.04. The molecule has 5 nitrogen and oxygen atoms in total. The number of nitrogens with one attached hydrogen (secondary N) is 2. The number of carbonyl (C=O) groups excluding carboxylic acids is 2. The summed E-state index contributed by atoms with van der Waals surface area (Å²) in [5, 5.41) is 5.53. The van der Waals surface area contributed by atoms with Gasteiger partial charge in [-0.25, -0.2) is 4.98 Å². The van der Waals surface area contributed by atoms with Crippen LogP contribution in [0.4, 0.5) is 11.5 Å². The molecule has 0 radical (unpaired) electrons. The molecule has 2 rings (SSSR count). The molecule has 1 aromatic carbocycles. The third kappa shape index (κ3) is 4.44. The van der Waals surface area contributed by atoms with Gasteiger partial charge in [0.1, 0.15) is 5.82 Å². The number of anilines is 2. The quantitative estimate of drug-likeness (QED) is 0.833. The van der Waals surface area contributed by atoms with Crippen molar-refractivity contribution in [2.75, 3.05) is 10.6 Å². The molecule has 2 aromatic rings. The zero-order valence-electron chi connectivity index (χ0n) is 11.0. The summed E-state index contributed by atoms with van der Waals surface area (Å²) in [5.74, 6) is -1.36. The Morgan fingerprint density at radius 3 is 2.24 bits per heavy atom. The van der Waals surface area contributed by atoms with Crippen LogP contribution < -0.4 is 10.6 Å². The van der Waals surface area contributed by atoms with Crippen LogP contribution in [-0.4, -0.2) is 16.8 Å². The second-order valence-corrected chi connectivity index (χ2v) is 5.10. The van der Waals surface area contributed by atoms with Gasteiger partial charge in [-0.3, -0.25) is 9.59 Å². The van der Waals surface area contributed by atoms with Crippen LogP contribution >= 0.6 is 23.2 Å². The predicted octanol–water partition coefficient (Wildman–Crippen LogP) is 3.27. The van der Waals surface area contributed by atoms with Crippen molar-refractivity contribution in [2.24, 2.45) is 0 Å². The lowest BCUT2D eigenvalue weighted by molar-refractivity contribution is -0.133. The lowest BCUT2D eigenvalue weighted by Gasteiger charge is -2.07. The molecule has 0 aliphatic carbocycles. The SMILES string of the molecule is Cc1cccc(NC(=O)C(=O)Nc2cc(Cl)cc(Cl)c2)n1. The number of amides is 2. The van der Waals surface area contributed by atoms with Gasteiger partial charge in [-0.1, -0.05) is 29.3 Å². The Morgan fingerprint density at radius 2 is 1.62 bits per heavy atom. The fraction of sp³-hybridized carbons (Fsp3) is 0.0714. The first-order valence-electron chi connectivity index (χ1n) is 5.96. The van der Waals surface area contributed by atoms with Gasteiger partial charge in [0.05, 0.1) is 0 Å². The van der Waals surface area contributed by atoms with Gasteiger partial charge in [0.15, 0.2) is 0 Å². The molecule has 0 saturated carbocycles. The molecule has 108 valence electrons. The van der Waals surface area contributed by atoms with E-state index in [9.17, 15) is 9.59 Å². The zero-order valence-corrected chi connectivity index (χ0v) is 12.5. The first-order valence-corrected chi connectivity index (χ1v) is 6.72. The van der Waals surface area contributed by atoms with E-state index in [1.165, 1.54) is 18.2 Å². The van der Waals surface area contributed by atoms with Crippen molar-refractivity contribution in [1.82, 2.24) is 4.98 Å². The highest BCUT2D eigenvalue weighted by atomic mass is 35.5. The van der Waals surface area contributed by atoms with Gasteiger partial charge in [-0.2, -0.15) is 0 Å². The van der Waals surface area contributed by atoms with E-state index >= 15 is 0 Å². The highest BCUT2D eigenvalue weighted by Gasteiger charge is 2.15. The summed E-state index contributed by atoms with van der Waals surface area (Å²) in [6, 6.07) is 9.60. The summed E-state index contributed by atoms with van der Waals surface area (Å²) in [4.78, 5) is 27.6. The van der Waals surface area contributed by atoms with Crippen LogP contribution in [0.25, 0.3) is 0 Å². The maximum absolute atomic E-state index is 11.8. The van der Waals surface area contributed by atoms with Crippen molar-refractivity contribution in [2.45, 2.75) is 6.92 Å². The van der Waals surface area contributed by atoms with Crippen LogP contribution in [0.5, 0.6) is 0 Å². The third-order valence-corrected chi connectivity index (χ3v) is 2.89. The van der Waals surface area contributed by atoms with E-state index in [0.29, 0.717) is 21.6 Å². The van der Waals surface area contributed by atoms with Gasteiger partial charge in [-0.15, -0.1) is 0 Å². The van der Waals surface area contributed by atoms with E-state index in [1.54, 1.807) is 25.1 Å². The van der Waals surface area contributed by atoms with Crippen molar-refractivity contribution >= 4 is 46.5 Å². The van der Waals surface area contributed by atoms with Crippen molar-refractivity contribution in [3.63, 3.8) is 0 Å². The first-order chi connectivity index (χ1) is 9.94. The lowest BCUT2D eigenvalue weighted by atomic mass is 10.3. The Bertz CT molecular complexity index is 684. The Kier molecular flexibility index (Phi) is 4.77. The molecule has 1 aromatic heterocycles.